The van der Waals surface area contributed by atoms with Gasteiger partial charge in [0.15, 0.2) is 0 Å². The van der Waals surface area contributed by atoms with Crippen LogP contribution in [-0.4, -0.2) is 31.1 Å². The van der Waals surface area contributed by atoms with Crippen molar-refractivity contribution in [2.45, 2.75) is 25.2 Å². The van der Waals surface area contributed by atoms with Crippen LogP contribution in [0.1, 0.15) is 23.3 Å². The first kappa shape index (κ1) is 18.6. The third-order valence-corrected chi connectivity index (χ3v) is 4.81. The van der Waals surface area contributed by atoms with Gasteiger partial charge in [0.05, 0.1) is 16.8 Å². The van der Waals surface area contributed by atoms with E-state index in [2.05, 4.69) is 9.32 Å². The molecule has 0 spiro atoms. The molecule has 138 valence electrons. The fourth-order valence-electron chi connectivity index (χ4n) is 3.17. The maximum Gasteiger partial charge on any atom is 0.449 e. The number of furan rings is 1. The first-order valence-electron chi connectivity index (χ1n) is 8.07. The summed E-state index contributed by atoms with van der Waals surface area (Å²) in [6, 6.07) is 8.25. The molecule has 2 heterocycles. The van der Waals surface area contributed by atoms with Crippen molar-refractivity contribution < 1.29 is 17.6 Å². The van der Waals surface area contributed by atoms with Gasteiger partial charge in [0, 0.05) is 30.4 Å². The zero-order valence-electron chi connectivity index (χ0n) is 14.1. The number of likely N-dealkylation sites (tertiary alicyclic amines) is 1. The first-order valence-corrected chi connectivity index (χ1v) is 8.45. The molecule has 1 unspecified atom stereocenters. The van der Waals surface area contributed by atoms with Crippen molar-refractivity contribution in [2.24, 2.45) is 0 Å². The predicted octanol–water partition coefficient (Wildman–Crippen LogP) is 4.53. The average molecular weight is 384 g/mol. The summed E-state index contributed by atoms with van der Waals surface area (Å²) in [5.41, 5.74) is 1.57. The van der Waals surface area contributed by atoms with Gasteiger partial charge in [0.1, 0.15) is 6.07 Å². The van der Waals surface area contributed by atoms with Gasteiger partial charge in [-0.2, -0.15) is 18.4 Å². The molecule has 1 aromatic carbocycles. The lowest BCUT2D eigenvalue weighted by Gasteiger charge is -2.31. The van der Waals surface area contributed by atoms with Crippen LogP contribution in [0, 0.1) is 11.3 Å². The number of hydrogen-bond acceptors (Lipinski definition) is 4. The highest BCUT2D eigenvalue weighted by atomic mass is 35.5. The van der Waals surface area contributed by atoms with Gasteiger partial charge in [-0.15, -0.1) is 0 Å². The normalized spacial score (nSPS) is 18.1. The molecule has 1 aliphatic heterocycles. The molecule has 3 rings (SSSR count). The van der Waals surface area contributed by atoms with Crippen molar-refractivity contribution in [1.82, 2.24) is 4.90 Å². The molecular formula is C18H17ClF3N3O. The van der Waals surface area contributed by atoms with Crippen molar-refractivity contribution >= 4 is 17.3 Å². The van der Waals surface area contributed by atoms with Gasteiger partial charge in [0.25, 0.3) is 0 Å². The highest BCUT2D eigenvalue weighted by molar-refractivity contribution is 6.32. The molecule has 1 aliphatic rings. The highest BCUT2D eigenvalue weighted by Gasteiger charge is 2.35. The Bertz CT molecular complexity index is 828. The van der Waals surface area contributed by atoms with E-state index in [0.717, 1.165) is 37.5 Å². The lowest BCUT2D eigenvalue weighted by Crippen LogP contribution is -2.36. The molecule has 4 nitrogen and oxygen atoms in total. The number of alkyl halides is 3. The van der Waals surface area contributed by atoms with E-state index in [1.165, 1.54) is 0 Å². The van der Waals surface area contributed by atoms with Crippen molar-refractivity contribution in [3.63, 3.8) is 0 Å². The summed E-state index contributed by atoms with van der Waals surface area (Å²) in [4.78, 5) is 4.18. The van der Waals surface area contributed by atoms with Gasteiger partial charge in [-0.05, 0) is 44.3 Å². The lowest BCUT2D eigenvalue weighted by atomic mass is 10.1. The van der Waals surface area contributed by atoms with Crippen LogP contribution in [0.4, 0.5) is 18.9 Å². The topological polar surface area (TPSA) is 43.4 Å². The second-order valence-corrected chi connectivity index (χ2v) is 6.83. The van der Waals surface area contributed by atoms with E-state index in [4.69, 9.17) is 16.9 Å². The van der Waals surface area contributed by atoms with E-state index in [1.807, 2.05) is 18.0 Å². The molecule has 2 aromatic rings. The number of anilines is 1. The van der Waals surface area contributed by atoms with E-state index in [1.54, 1.807) is 18.2 Å². The molecule has 0 amide bonds. The van der Waals surface area contributed by atoms with Crippen LogP contribution in [0.15, 0.2) is 34.9 Å². The minimum atomic E-state index is -4.51. The van der Waals surface area contributed by atoms with Crippen LogP contribution in [0.3, 0.4) is 0 Å². The van der Waals surface area contributed by atoms with Gasteiger partial charge >= 0.3 is 6.18 Å². The standard InChI is InChI=1S/C18H17ClF3N3O/c1-24-5-4-15(10-24)25(14-3-2-13(8-23)16(19)7-14)9-12-6-17(26-11-12)18(20,21)22/h2-3,6-7,11,15H,4-5,9-10H2,1H3. The molecule has 1 atom stereocenters. The van der Waals surface area contributed by atoms with Crippen LogP contribution in [0.2, 0.25) is 5.02 Å². The molecule has 1 fully saturated rings. The van der Waals surface area contributed by atoms with Crippen molar-refractivity contribution in [3.05, 3.63) is 52.4 Å². The number of rotatable bonds is 4. The Morgan fingerprint density at radius 2 is 2.15 bits per heavy atom. The van der Waals surface area contributed by atoms with E-state index < -0.39 is 11.9 Å². The zero-order valence-corrected chi connectivity index (χ0v) is 14.8. The maximum atomic E-state index is 12.8. The summed E-state index contributed by atoms with van der Waals surface area (Å²) in [5, 5.41) is 9.36. The minimum absolute atomic E-state index is 0.133. The Morgan fingerprint density at radius 3 is 2.69 bits per heavy atom. The Morgan fingerprint density at radius 1 is 1.38 bits per heavy atom. The quantitative estimate of drug-likeness (QED) is 0.777. The molecule has 0 N–H and O–H groups in total. The molecule has 1 saturated heterocycles. The summed E-state index contributed by atoms with van der Waals surface area (Å²) in [7, 11) is 2.00. The Kier molecular flexibility index (Phi) is 5.17. The Balaban J connectivity index is 1.90. The van der Waals surface area contributed by atoms with Crippen LogP contribution >= 0.6 is 11.6 Å². The number of benzene rings is 1. The summed E-state index contributed by atoms with van der Waals surface area (Å²) in [6.07, 6.45) is -2.48. The van der Waals surface area contributed by atoms with E-state index in [0.29, 0.717) is 16.1 Å². The number of nitriles is 1. The highest BCUT2D eigenvalue weighted by Crippen LogP contribution is 2.33. The van der Waals surface area contributed by atoms with Crippen molar-refractivity contribution in [1.29, 1.82) is 5.26 Å². The molecule has 0 saturated carbocycles. The average Bonchev–Trinajstić information content (AvgIpc) is 3.21. The smallest absolute Gasteiger partial charge is 0.449 e. The molecule has 0 radical (unpaired) electrons. The SMILES string of the molecule is CN1CCC(N(Cc2coc(C(F)(F)F)c2)c2ccc(C#N)c(Cl)c2)C1. The van der Waals surface area contributed by atoms with Crippen molar-refractivity contribution in [3.8, 4) is 6.07 Å². The molecule has 0 aliphatic carbocycles. The lowest BCUT2D eigenvalue weighted by molar-refractivity contribution is -0.153. The van der Waals surface area contributed by atoms with Gasteiger partial charge in [-0.25, -0.2) is 0 Å². The molecular weight excluding hydrogens is 367 g/mol. The second-order valence-electron chi connectivity index (χ2n) is 6.43. The summed E-state index contributed by atoms with van der Waals surface area (Å²) in [6.45, 7) is 1.96. The molecule has 1 aromatic heterocycles. The zero-order chi connectivity index (χ0) is 18.9. The van der Waals surface area contributed by atoms with Crippen LogP contribution < -0.4 is 4.90 Å². The number of halogens is 4. The van der Waals surface area contributed by atoms with Crippen LogP contribution in [0.5, 0.6) is 0 Å². The van der Waals surface area contributed by atoms with Crippen LogP contribution in [-0.2, 0) is 12.7 Å². The van der Waals surface area contributed by atoms with E-state index in [9.17, 15) is 13.2 Å². The predicted molar refractivity (Wildman–Crippen MR) is 92.0 cm³/mol. The first-order chi connectivity index (χ1) is 12.3. The second kappa shape index (κ2) is 7.22. The monoisotopic (exact) mass is 383 g/mol. The van der Waals surface area contributed by atoms with Crippen molar-refractivity contribution in [2.75, 3.05) is 25.0 Å². The maximum absolute atomic E-state index is 12.8. The Labute approximate surface area is 154 Å². The molecule has 8 heteroatoms. The number of hydrogen-bond donors (Lipinski definition) is 0. The molecule has 26 heavy (non-hydrogen) atoms. The summed E-state index contributed by atoms with van der Waals surface area (Å²) >= 11 is 6.15. The molecule has 0 bridgehead atoms. The number of nitrogens with zero attached hydrogens (tertiary/aromatic N) is 3. The summed E-state index contributed by atoms with van der Waals surface area (Å²) < 4.78 is 43.0. The van der Waals surface area contributed by atoms with Gasteiger partial charge in [0.2, 0.25) is 5.76 Å². The number of likely N-dealkylation sites (N-methyl/N-ethyl adjacent to an activating group) is 1. The van der Waals surface area contributed by atoms with Crippen LogP contribution in [0.25, 0.3) is 0 Å². The van der Waals surface area contributed by atoms with E-state index >= 15 is 0 Å². The minimum Gasteiger partial charge on any atom is -0.459 e. The van der Waals surface area contributed by atoms with Gasteiger partial charge in [-0.1, -0.05) is 11.6 Å². The third-order valence-electron chi connectivity index (χ3n) is 4.50. The van der Waals surface area contributed by atoms with Gasteiger partial charge < -0.3 is 14.2 Å². The largest absolute Gasteiger partial charge is 0.459 e. The van der Waals surface area contributed by atoms with E-state index in [-0.39, 0.29) is 12.6 Å². The Hall–Kier alpha value is -2.17. The third kappa shape index (κ3) is 3.97. The summed E-state index contributed by atoms with van der Waals surface area (Å²) in [5.74, 6) is -1.01. The fourth-order valence-corrected chi connectivity index (χ4v) is 3.39. The van der Waals surface area contributed by atoms with Gasteiger partial charge in [-0.3, -0.25) is 0 Å². The fraction of sp³-hybridized carbons (Fsp3) is 0.389.